The van der Waals surface area contributed by atoms with Crippen LogP contribution >= 0.6 is 11.3 Å². The summed E-state index contributed by atoms with van der Waals surface area (Å²) in [5.41, 5.74) is 1.20. The van der Waals surface area contributed by atoms with Gasteiger partial charge in [-0.3, -0.25) is 4.79 Å². The number of phenolic OH excluding ortho intramolecular Hbond substituents is 1. The van der Waals surface area contributed by atoms with E-state index in [2.05, 4.69) is 0 Å². The van der Waals surface area contributed by atoms with Gasteiger partial charge in [0, 0.05) is 21.0 Å². The molecule has 0 amide bonds. The molecule has 2 N–H and O–H groups in total. The predicted octanol–water partition coefficient (Wildman–Crippen LogP) is 1.91. The van der Waals surface area contributed by atoms with Crippen LogP contribution in [0.15, 0.2) is 17.5 Å². The molecule has 0 saturated carbocycles. The number of carbonyl (C=O) groups excluding carboxylic acids is 1. The summed E-state index contributed by atoms with van der Waals surface area (Å²) in [6.07, 6.45) is 0.708. The van der Waals surface area contributed by atoms with Crippen molar-refractivity contribution >= 4 is 27.7 Å². The molecule has 0 bridgehead atoms. The smallest absolute Gasteiger partial charge is 0.151 e. The zero-order valence-corrected chi connectivity index (χ0v) is 8.04. The predicted molar refractivity (Wildman–Crippen MR) is 54.8 cm³/mol. The van der Waals surface area contributed by atoms with Crippen LogP contribution in [0.5, 0.6) is 5.75 Å². The number of rotatable bonds is 2. The first-order valence-corrected chi connectivity index (χ1v) is 4.94. The van der Waals surface area contributed by atoms with Gasteiger partial charge in [0.25, 0.3) is 0 Å². The Labute approximate surface area is 84.2 Å². The van der Waals surface area contributed by atoms with Gasteiger partial charge < -0.3 is 10.2 Å². The SMILES string of the molecule is O=Cc1csc2c(CO)ccc(O)c12. The molecule has 4 heteroatoms. The van der Waals surface area contributed by atoms with Crippen molar-refractivity contribution < 1.29 is 15.0 Å². The highest BCUT2D eigenvalue weighted by Crippen LogP contribution is 2.34. The van der Waals surface area contributed by atoms with E-state index in [-0.39, 0.29) is 12.4 Å². The topological polar surface area (TPSA) is 57.5 Å². The lowest BCUT2D eigenvalue weighted by atomic mass is 10.1. The Morgan fingerprint density at radius 1 is 1.43 bits per heavy atom. The molecule has 0 saturated heterocycles. The normalized spacial score (nSPS) is 10.6. The van der Waals surface area contributed by atoms with E-state index in [1.54, 1.807) is 11.4 Å². The zero-order chi connectivity index (χ0) is 10.1. The molecule has 1 aromatic heterocycles. The lowest BCUT2D eigenvalue weighted by Gasteiger charge is -2.00. The van der Waals surface area contributed by atoms with E-state index in [0.29, 0.717) is 17.2 Å². The molecular weight excluding hydrogens is 200 g/mol. The molecule has 1 aromatic carbocycles. The first-order chi connectivity index (χ1) is 6.77. The number of aliphatic hydroxyl groups is 1. The van der Waals surface area contributed by atoms with E-state index in [9.17, 15) is 9.90 Å². The minimum Gasteiger partial charge on any atom is -0.507 e. The fourth-order valence-electron chi connectivity index (χ4n) is 1.42. The molecule has 2 rings (SSSR count). The molecule has 0 unspecified atom stereocenters. The van der Waals surface area contributed by atoms with Crippen molar-refractivity contribution in [1.29, 1.82) is 0 Å². The maximum atomic E-state index is 10.7. The molecule has 14 heavy (non-hydrogen) atoms. The van der Waals surface area contributed by atoms with Gasteiger partial charge in [-0.05, 0) is 11.6 Å². The summed E-state index contributed by atoms with van der Waals surface area (Å²) in [6.45, 7) is -0.0877. The number of fused-ring (bicyclic) bond motifs is 1. The van der Waals surface area contributed by atoms with Crippen molar-refractivity contribution in [2.75, 3.05) is 0 Å². The number of carbonyl (C=O) groups is 1. The Kier molecular flexibility index (Phi) is 2.23. The van der Waals surface area contributed by atoms with Crippen molar-refractivity contribution in [3.63, 3.8) is 0 Å². The summed E-state index contributed by atoms with van der Waals surface area (Å²) in [7, 11) is 0. The molecule has 2 aromatic rings. The fourth-order valence-corrected chi connectivity index (χ4v) is 2.46. The van der Waals surface area contributed by atoms with Gasteiger partial charge in [-0.2, -0.15) is 0 Å². The van der Waals surface area contributed by atoms with Crippen LogP contribution in [-0.4, -0.2) is 16.5 Å². The molecule has 0 aliphatic carbocycles. The van der Waals surface area contributed by atoms with Gasteiger partial charge in [0.05, 0.1) is 6.61 Å². The molecule has 3 nitrogen and oxygen atoms in total. The first kappa shape index (κ1) is 9.18. The number of phenols is 1. The van der Waals surface area contributed by atoms with Crippen LogP contribution in [-0.2, 0) is 6.61 Å². The minimum absolute atomic E-state index is 0.0838. The van der Waals surface area contributed by atoms with Gasteiger partial charge in [0.2, 0.25) is 0 Å². The number of hydrogen-bond acceptors (Lipinski definition) is 4. The highest BCUT2D eigenvalue weighted by Gasteiger charge is 2.10. The van der Waals surface area contributed by atoms with Gasteiger partial charge in [-0.1, -0.05) is 6.07 Å². The lowest BCUT2D eigenvalue weighted by Crippen LogP contribution is -1.84. The summed E-state index contributed by atoms with van der Waals surface area (Å²) in [5, 5.41) is 20.8. The van der Waals surface area contributed by atoms with Crippen LogP contribution in [0.2, 0.25) is 0 Å². The molecule has 1 heterocycles. The maximum Gasteiger partial charge on any atom is 0.151 e. The van der Waals surface area contributed by atoms with Crippen molar-refractivity contribution in [2.24, 2.45) is 0 Å². The molecule has 0 fully saturated rings. The summed E-state index contributed by atoms with van der Waals surface area (Å²) in [4.78, 5) is 10.7. The lowest BCUT2D eigenvalue weighted by molar-refractivity contribution is 0.112. The molecule has 0 aliphatic heterocycles. The number of aldehydes is 1. The molecule has 72 valence electrons. The second kappa shape index (κ2) is 3.40. The largest absolute Gasteiger partial charge is 0.507 e. The van der Waals surface area contributed by atoms with Gasteiger partial charge >= 0.3 is 0 Å². The van der Waals surface area contributed by atoms with Crippen LogP contribution in [0.1, 0.15) is 15.9 Å². The Morgan fingerprint density at radius 2 is 2.21 bits per heavy atom. The Morgan fingerprint density at radius 3 is 2.86 bits per heavy atom. The van der Waals surface area contributed by atoms with Crippen LogP contribution in [0.4, 0.5) is 0 Å². The highest BCUT2D eigenvalue weighted by atomic mass is 32.1. The third kappa shape index (κ3) is 1.20. The molecule has 0 atom stereocenters. The number of aromatic hydroxyl groups is 1. The Bertz CT molecular complexity index is 487. The third-order valence-electron chi connectivity index (χ3n) is 2.11. The van der Waals surface area contributed by atoms with E-state index in [1.807, 2.05) is 0 Å². The Balaban J connectivity index is 2.86. The number of benzene rings is 1. The monoisotopic (exact) mass is 208 g/mol. The standard InChI is InChI=1S/C10H8O3S/c11-3-6-1-2-8(13)9-7(4-12)5-14-10(6)9/h1-2,4-5,11,13H,3H2. The average Bonchev–Trinajstić information content (AvgIpc) is 2.63. The second-order valence-corrected chi connectivity index (χ2v) is 3.79. The van der Waals surface area contributed by atoms with Crippen molar-refractivity contribution in [3.8, 4) is 5.75 Å². The summed E-state index contributed by atoms with van der Waals surface area (Å²) >= 11 is 1.35. The quantitative estimate of drug-likeness (QED) is 0.741. The second-order valence-electron chi connectivity index (χ2n) is 2.91. The highest BCUT2D eigenvalue weighted by molar-refractivity contribution is 7.17. The van der Waals surface area contributed by atoms with E-state index >= 15 is 0 Å². The third-order valence-corrected chi connectivity index (χ3v) is 3.18. The molecule has 0 spiro atoms. The summed E-state index contributed by atoms with van der Waals surface area (Å²) in [5.74, 6) is 0.0838. The van der Waals surface area contributed by atoms with E-state index in [0.717, 1.165) is 10.3 Å². The van der Waals surface area contributed by atoms with Crippen molar-refractivity contribution in [3.05, 3.63) is 28.6 Å². The van der Waals surface area contributed by atoms with Crippen LogP contribution in [0.25, 0.3) is 10.1 Å². The fraction of sp³-hybridized carbons (Fsp3) is 0.100. The number of hydrogen-bond donors (Lipinski definition) is 2. The molecule has 0 radical (unpaired) electrons. The van der Waals surface area contributed by atoms with E-state index < -0.39 is 0 Å². The van der Waals surface area contributed by atoms with Crippen LogP contribution in [0.3, 0.4) is 0 Å². The maximum absolute atomic E-state index is 10.7. The summed E-state index contributed by atoms with van der Waals surface area (Å²) in [6, 6.07) is 3.15. The van der Waals surface area contributed by atoms with E-state index in [1.165, 1.54) is 17.4 Å². The van der Waals surface area contributed by atoms with Crippen molar-refractivity contribution in [1.82, 2.24) is 0 Å². The van der Waals surface area contributed by atoms with Crippen LogP contribution < -0.4 is 0 Å². The van der Waals surface area contributed by atoms with Gasteiger partial charge in [0.15, 0.2) is 6.29 Å². The average molecular weight is 208 g/mol. The first-order valence-electron chi connectivity index (χ1n) is 4.06. The van der Waals surface area contributed by atoms with Gasteiger partial charge in [-0.25, -0.2) is 0 Å². The Hall–Kier alpha value is -1.39. The van der Waals surface area contributed by atoms with Crippen molar-refractivity contribution in [2.45, 2.75) is 6.61 Å². The number of aliphatic hydroxyl groups excluding tert-OH is 1. The van der Waals surface area contributed by atoms with Crippen LogP contribution in [0, 0.1) is 0 Å². The molecular formula is C10H8O3S. The molecule has 0 aliphatic rings. The zero-order valence-electron chi connectivity index (χ0n) is 7.23. The van der Waals surface area contributed by atoms with Gasteiger partial charge in [0.1, 0.15) is 5.75 Å². The summed E-state index contributed by atoms with van der Waals surface area (Å²) < 4.78 is 0.773. The number of thiophene rings is 1. The van der Waals surface area contributed by atoms with E-state index in [4.69, 9.17) is 5.11 Å². The van der Waals surface area contributed by atoms with Gasteiger partial charge in [-0.15, -0.1) is 11.3 Å². The minimum atomic E-state index is -0.0877.